The number of unbranched alkanes of at least 4 members (excludes halogenated alkanes) is 3. The molecule has 38 heavy (non-hydrogen) atoms. The summed E-state index contributed by atoms with van der Waals surface area (Å²) < 4.78 is 8.99. The molecule has 0 radical (unpaired) electrons. The average molecular weight is 510 g/mol. The number of aryl methyl sites for hydroxylation is 2. The first kappa shape index (κ1) is 26.0. The number of fused-ring (bicyclic) bond motifs is 2. The van der Waals surface area contributed by atoms with Crippen molar-refractivity contribution < 1.29 is 9.53 Å². The number of anilines is 1. The third-order valence-electron chi connectivity index (χ3n) is 8.20. The summed E-state index contributed by atoms with van der Waals surface area (Å²) in [7, 11) is 0. The van der Waals surface area contributed by atoms with Crippen LogP contribution in [0.1, 0.15) is 84.8 Å². The van der Waals surface area contributed by atoms with Crippen LogP contribution in [0.15, 0.2) is 60.9 Å². The molecular weight excluding hydrogens is 470 g/mol. The molecule has 2 aromatic heterocycles. The molecular formula is C33H39N3O2. The summed E-state index contributed by atoms with van der Waals surface area (Å²) in [6.07, 6.45) is 8.28. The van der Waals surface area contributed by atoms with E-state index < -0.39 is 5.60 Å². The fraction of sp³-hybridized carbons (Fsp3) is 0.394. The SMILES string of the molecule is CCCCCCn1c(C)c(C2(c3ccc(N(CC)CC)cc3C)OC(=O)c3ccncc32)c2ccccc21. The number of nitrogens with zero attached hydrogens (tertiary/aromatic N) is 3. The Balaban J connectivity index is 1.78. The molecule has 0 bridgehead atoms. The second-order valence-electron chi connectivity index (χ2n) is 10.4. The van der Waals surface area contributed by atoms with Gasteiger partial charge >= 0.3 is 5.97 Å². The number of hydrogen-bond donors (Lipinski definition) is 0. The van der Waals surface area contributed by atoms with Gasteiger partial charge in [-0.25, -0.2) is 4.79 Å². The first-order chi connectivity index (χ1) is 18.5. The summed E-state index contributed by atoms with van der Waals surface area (Å²) in [5.74, 6) is -0.297. The third-order valence-corrected chi connectivity index (χ3v) is 8.20. The lowest BCUT2D eigenvalue weighted by atomic mass is 9.77. The largest absolute Gasteiger partial charge is 0.440 e. The summed E-state index contributed by atoms with van der Waals surface area (Å²) >= 11 is 0. The fourth-order valence-electron chi connectivity index (χ4n) is 6.31. The molecule has 1 unspecified atom stereocenters. The van der Waals surface area contributed by atoms with E-state index in [2.05, 4.69) is 91.5 Å². The minimum absolute atomic E-state index is 0.297. The number of para-hydroxylation sites is 1. The van der Waals surface area contributed by atoms with Gasteiger partial charge < -0.3 is 14.2 Å². The van der Waals surface area contributed by atoms with Crippen LogP contribution in [-0.4, -0.2) is 28.6 Å². The number of benzene rings is 2. The summed E-state index contributed by atoms with van der Waals surface area (Å²) in [4.78, 5) is 20.3. The van der Waals surface area contributed by atoms with E-state index in [1.165, 1.54) is 30.5 Å². The van der Waals surface area contributed by atoms with Gasteiger partial charge in [-0.1, -0.05) is 50.5 Å². The standard InChI is InChI=1S/C33H39N3O2/c1-6-9-10-13-20-36-24(5)31(27-14-11-12-15-30(27)36)33(29-22-34-19-18-26(29)32(37)38-33)28-17-16-25(21-23(28)4)35(7-2)8-3/h11-12,14-19,21-22H,6-10,13,20H2,1-5H3. The molecule has 5 heteroatoms. The molecule has 1 atom stereocenters. The van der Waals surface area contributed by atoms with Gasteiger partial charge in [0.25, 0.3) is 0 Å². The molecule has 5 nitrogen and oxygen atoms in total. The van der Waals surface area contributed by atoms with Crippen LogP contribution < -0.4 is 4.90 Å². The first-order valence-electron chi connectivity index (χ1n) is 14.1. The van der Waals surface area contributed by atoms with Gasteiger partial charge in [0.15, 0.2) is 5.60 Å². The van der Waals surface area contributed by atoms with E-state index in [-0.39, 0.29) is 5.97 Å². The number of esters is 1. The van der Waals surface area contributed by atoms with Crippen LogP contribution in [0.3, 0.4) is 0 Å². The van der Waals surface area contributed by atoms with Gasteiger partial charge in [-0.2, -0.15) is 0 Å². The van der Waals surface area contributed by atoms with E-state index in [0.29, 0.717) is 5.56 Å². The minimum Gasteiger partial charge on any atom is -0.440 e. The molecule has 5 rings (SSSR count). The molecule has 0 amide bonds. The highest BCUT2D eigenvalue weighted by atomic mass is 16.6. The van der Waals surface area contributed by atoms with Crippen LogP contribution in [0.2, 0.25) is 0 Å². The monoisotopic (exact) mass is 509 g/mol. The summed E-state index contributed by atoms with van der Waals surface area (Å²) in [5.41, 5.74) is 6.97. The zero-order valence-corrected chi connectivity index (χ0v) is 23.4. The highest BCUT2D eigenvalue weighted by molar-refractivity contribution is 5.98. The highest BCUT2D eigenvalue weighted by Crippen LogP contribution is 2.51. The van der Waals surface area contributed by atoms with E-state index in [1.54, 1.807) is 12.3 Å². The van der Waals surface area contributed by atoms with Crippen molar-refractivity contribution in [3.63, 3.8) is 0 Å². The molecule has 0 aliphatic carbocycles. The van der Waals surface area contributed by atoms with Crippen molar-refractivity contribution in [2.45, 2.75) is 72.4 Å². The van der Waals surface area contributed by atoms with Crippen molar-refractivity contribution in [2.75, 3.05) is 18.0 Å². The van der Waals surface area contributed by atoms with Crippen molar-refractivity contribution >= 4 is 22.6 Å². The highest BCUT2D eigenvalue weighted by Gasteiger charge is 2.52. The Morgan fingerprint density at radius 2 is 1.74 bits per heavy atom. The van der Waals surface area contributed by atoms with Gasteiger partial charge in [0.2, 0.25) is 0 Å². The lowest BCUT2D eigenvalue weighted by molar-refractivity contribution is 0.0251. The Morgan fingerprint density at radius 1 is 0.947 bits per heavy atom. The van der Waals surface area contributed by atoms with Crippen LogP contribution in [0.25, 0.3) is 10.9 Å². The van der Waals surface area contributed by atoms with E-state index in [0.717, 1.165) is 59.4 Å². The molecule has 3 heterocycles. The molecule has 0 saturated carbocycles. The molecule has 0 spiro atoms. The van der Waals surface area contributed by atoms with Gasteiger partial charge in [-0.3, -0.25) is 4.98 Å². The second kappa shape index (κ2) is 10.6. The summed E-state index contributed by atoms with van der Waals surface area (Å²) in [5, 5.41) is 1.12. The Kier molecular flexibility index (Phi) is 7.29. The van der Waals surface area contributed by atoms with Gasteiger partial charge in [0, 0.05) is 71.0 Å². The van der Waals surface area contributed by atoms with Crippen molar-refractivity contribution in [1.29, 1.82) is 0 Å². The first-order valence-corrected chi connectivity index (χ1v) is 14.1. The van der Waals surface area contributed by atoms with E-state index in [1.807, 2.05) is 6.20 Å². The zero-order chi connectivity index (χ0) is 26.9. The normalized spacial score (nSPS) is 16.6. The van der Waals surface area contributed by atoms with Gasteiger partial charge in [-0.05, 0) is 63.9 Å². The van der Waals surface area contributed by atoms with Crippen molar-refractivity contribution in [1.82, 2.24) is 9.55 Å². The van der Waals surface area contributed by atoms with Crippen LogP contribution in [0, 0.1) is 13.8 Å². The Bertz CT molecular complexity index is 1470. The quantitative estimate of drug-likeness (QED) is 0.164. The maximum absolute atomic E-state index is 13.4. The van der Waals surface area contributed by atoms with Gasteiger partial charge in [0.05, 0.1) is 5.56 Å². The molecule has 0 saturated heterocycles. The Hall–Kier alpha value is -3.60. The minimum atomic E-state index is -1.06. The van der Waals surface area contributed by atoms with Crippen LogP contribution in [-0.2, 0) is 16.9 Å². The molecule has 0 fully saturated rings. The number of ether oxygens (including phenoxy) is 1. The number of rotatable bonds is 10. The van der Waals surface area contributed by atoms with Crippen LogP contribution >= 0.6 is 0 Å². The zero-order valence-electron chi connectivity index (χ0n) is 23.4. The number of hydrogen-bond acceptors (Lipinski definition) is 4. The third kappa shape index (κ3) is 4.09. The van der Waals surface area contributed by atoms with E-state index in [4.69, 9.17) is 4.74 Å². The number of cyclic esters (lactones) is 1. The number of carbonyl (C=O) groups is 1. The summed E-state index contributed by atoms with van der Waals surface area (Å²) in [6.45, 7) is 13.7. The average Bonchev–Trinajstić information content (AvgIpc) is 3.38. The van der Waals surface area contributed by atoms with E-state index in [9.17, 15) is 4.79 Å². The topological polar surface area (TPSA) is 47.4 Å². The number of aromatic nitrogens is 2. The maximum Gasteiger partial charge on any atom is 0.340 e. The van der Waals surface area contributed by atoms with Crippen molar-refractivity contribution in [2.24, 2.45) is 0 Å². The van der Waals surface area contributed by atoms with Crippen LogP contribution in [0.4, 0.5) is 5.69 Å². The molecule has 1 aliphatic rings. The molecule has 0 N–H and O–H groups in total. The Labute approximate surface area is 226 Å². The van der Waals surface area contributed by atoms with Crippen molar-refractivity contribution in [3.05, 3.63) is 94.4 Å². The number of carbonyl (C=O) groups excluding carboxylic acids is 1. The van der Waals surface area contributed by atoms with Crippen molar-refractivity contribution in [3.8, 4) is 0 Å². The lowest BCUT2D eigenvalue weighted by Gasteiger charge is -2.33. The lowest BCUT2D eigenvalue weighted by Crippen LogP contribution is -2.32. The number of pyridine rings is 1. The smallest absolute Gasteiger partial charge is 0.340 e. The van der Waals surface area contributed by atoms with Gasteiger partial charge in [0.1, 0.15) is 0 Å². The van der Waals surface area contributed by atoms with E-state index >= 15 is 0 Å². The molecule has 2 aromatic carbocycles. The molecule has 198 valence electrons. The molecule has 4 aromatic rings. The second-order valence-corrected chi connectivity index (χ2v) is 10.4. The fourth-order valence-corrected chi connectivity index (χ4v) is 6.31. The summed E-state index contributed by atoms with van der Waals surface area (Å²) in [6, 6.07) is 16.9. The van der Waals surface area contributed by atoms with Gasteiger partial charge in [-0.15, -0.1) is 0 Å². The Morgan fingerprint density at radius 3 is 2.47 bits per heavy atom. The maximum atomic E-state index is 13.4. The predicted molar refractivity (Wildman–Crippen MR) is 155 cm³/mol. The van der Waals surface area contributed by atoms with Crippen LogP contribution in [0.5, 0.6) is 0 Å². The predicted octanol–water partition coefficient (Wildman–Crippen LogP) is 7.54. The molecule has 1 aliphatic heterocycles.